The Morgan fingerprint density at radius 1 is 1.21 bits per heavy atom. The number of piperidine rings is 1. The molecule has 2 bridgehead atoms. The SMILES string of the molecule is CN1C2CCC1CC(c1noc(C3CCCN3)n1)C2. The number of nitrogens with zero attached hydrogens (tertiary/aromatic N) is 3. The van der Waals surface area contributed by atoms with Crippen molar-refractivity contribution in [3.05, 3.63) is 11.7 Å². The maximum absolute atomic E-state index is 5.48. The van der Waals surface area contributed by atoms with Gasteiger partial charge in [-0.2, -0.15) is 4.98 Å². The second-order valence-corrected chi connectivity index (χ2v) is 6.36. The Morgan fingerprint density at radius 3 is 2.68 bits per heavy atom. The Labute approximate surface area is 113 Å². The van der Waals surface area contributed by atoms with Crippen molar-refractivity contribution in [3.63, 3.8) is 0 Å². The van der Waals surface area contributed by atoms with E-state index in [9.17, 15) is 0 Å². The lowest BCUT2D eigenvalue weighted by Gasteiger charge is -2.34. The third-order valence-electron chi connectivity index (χ3n) is 5.28. The van der Waals surface area contributed by atoms with Crippen LogP contribution in [0.25, 0.3) is 0 Å². The minimum absolute atomic E-state index is 0.296. The van der Waals surface area contributed by atoms with Gasteiger partial charge in [0.05, 0.1) is 6.04 Å². The molecule has 0 amide bonds. The molecule has 3 saturated heterocycles. The molecule has 5 heteroatoms. The van der Waals surface area contributed by atoms with E-state index in [2.05, 4.69) is 27.4 Å². The van der Waals surface area contributed by atoms with Crippen molar-refractivity contribution in [1.82, 2.24) is 20.4 Å². The standard InChI is InChI=1S/C14H22N4O/c1-18-10-4-5-11(18)8-9(7-10)13-16-14(19-17-13)12-3-2-6-15-12/h9-12,15H,2-8H2,1H3. The van der Waals surface area contributed by atoms with Crippen molar-refractivity contribution in [2.24, 2.45) is 0 Å². The lowest BCUT2D eigenvalue weighted by Crippen LogP contribution is -2.39. The first-order valence-corrected chi connectivity index (χ1v) is 7.60. The fraction of sp³-hybridized carbons (Fsp3) is 0.857. The van der Waals surface area contributed by atoms with Crippen LogP contribution in [-0.2, 0) is 0 Å². The van der Waals surface area contributed by atoms with Gasteiger partial charge in [-0.3, -0.25) is 0 Å². The summed E-state index contributed by atoms with van der Waals surface area (Å²) >= 11 is 0. The van der Waals surface area contributed by atoms with Gasteiger partial charge in [0.25, 0.3) is 0 Å². The highest BCUT2D eigenvalue weighted by Crippen LogP contribution is 2.41. The second-order valence-electron chi connectivity index (χ2n) is 6.36. The van der Waals surface area contributed by atoms with E-state index in [1.165, 1.54) is 32.1 Å². The van der Waals surface area contributed by atoms with Crippen molar-refractivity contribution in [3.8, 4) is 0 Å². The maximum Gasteiger partial charge on any atom is 0.243 e. The van der Waals surface area contributed by atoms with Crippen LogP contribution in [0.1, 0.15) is 62.2 Å². The molecule has 4 rings (SSSR count). The predicted octanol–water partition coefficient (Wildman–Crippen LogP) is 1.83. The summed E-state index contributed by atoms with van der Waals surface area (Å²) in [6.45, 7) is 1.07. The topological polar surface area (TPSA) is 54.2 Å². The van der Waals surface area contributed by atoms with Gasteiger partial charge in [0.2, 0.25) is 5.89 Å². The molecule has 0 radical (unpaired) electrons. The summed E-state index contributed by atoms with van der Waals surface area (Å²) in [4.78, 5) is 7.23. The van der Waals surface area contributed by atoms with Crippen molar-refractivity contribution in [1.29, 1.82) is 0 Å². The Kier molecular flexibility index (Phi) is 2.84. The van der Waals surface area contributed by atoms with Gasteiger partial charge in [-0.15, -0.1) is 0 Å². The van der Waals surface area contributed by atoms with Crippen LogP contribution in [0.3, 0.4) is 0 Å². The summed E-state index contributed by atoms with van der Waals surface area (Å²) in [6, 6.07) is 1.76. The van der Waals surface area contributed by atoms with Gasteiger partial charge in [0.1, 0.15) is 0 Å². The molecule has 4 heterocycles. The van der Waals surface area contributed by atoms with Gasteiger partial charge in [-0.25, -0.2) is 0 Å². The maximum atomic E-state index is 5.48. The molecule has 0 spiro atoms. The molecule has 3 unspecified atom stereocenters. The molecule has 0 aromatic carbocycles. The predicted molar refractivity (Wildman–Crippen MR) is 70.8 cm³/mol. The van der Waals surface area contributed by atoms with E-state index in [4.69, 9.17) is 4.52 Å². The van der Waals surface area contributed by atoms with E-state index in [1.54, 1.807) is 0 Å². The highest BCUT2D eigenvalue weighted by atomic mass is 16.5. The van der Waals surface area contributed by atoms with Crippen LogP contribution in [-0.4, -0.2) is 40.7 Å². The molecule has 0 aliphatic carbocycles. The van der Waals surface area contributed by atoms with Crippen molar-refractivity contribution >= 4 is 0 Å². The summed E-state index contributed by atoms with van der Waals surface area (Å²) < 4.78 is 5.48. The van der Waals surface area contributed by atoms with Crippen molar-refractivity contribution < 1.29 is 4.52 Å². The Morgan fingerprint density at radius 2 is 2.00 bits per heavy atom. The van der Waals surface area contributed by atoms with Crippen molar-refractivity contribution in [2.45, 2.75) is 62.6 Å². The van der Waals surface area contributed by atoms with E-state index in [0.29, 0.717) is 12.0 Å². The minimum Gasteiger partial charge on any atom is -0.338 e. The van der Waals surface area contributed by atoms with E-state index in [-0.39, 0.29) is 0 Å². The van der Waals surface area contributed by atoms with Crippen LogP contribution in [0.5, 0.6) is 0 Å². The van der Waals surface area contributed by atoms with E-state index < -0.39 is 0 Å². The summed E-state index contributed by atoms with van der Waals surface area (Å²) in [5.74, 6) is 2.26. The largest absolute Gasteiger partial charge is 0.338 e. The molecule has 104 valence electrons. The number of hydrogen-bond donors (Lipinski definition) is 1. The Bertz CT molecular complexity index is 440. The second kappa shape index (κ2) is 4.56. The van der Waals surface area contributed by atoms with E-state index in [1.807, 2.05) is 0 Å². The van der Waals surface area contributed by atoms with E-state index in [0.717, 1.165) is 36.8 Å². The Hall–Kier alpha value is -0.940. The zero-order valence-electron chi connectivity index (χ0n) is 11.5. The quantitative estimate of drug-likeness (QED) is 0.881. The molecule has 1 N–H and O–H groups in total. The summed E-state index contributed by atoms with van der Waals surface area (Å²) in [7, 11) is 2.27. The fourth-order valence-corrected chi connectivity index (χ4v) is 4.07. The van der Waals surface area contributed by atoms with Crippen LogP contribution in [0.15, 0.2) is 4.52 Å². The Balaban J connectivity index is 1.50. The molecule has 3 atom stereocenters. The number of hydrogen-bond acceptors (Lipinski definition) is 5. The average Bonchev–Trinajstić information content (AvgIpc) is 3.10. The normalized spacial score (nSPS) is 39.0. The monoisotopic (exact) mass is 262 g/mol. The smallest absolute Gasteiger partial charge is 0.243 e. The fourth-order valence-electron chi connectivity index (χ4n) is 4.07. The molecular formula is C14H22N4O. The average molecular weight is 262 g/mol. The highest BCUT2D eigenvalue weighted by Gasteiger charge is 2.40. The molecule has 0 saturated carbocycles. The van der Waals surface area contributed by atoms with E-state index >= 15 is 0 Å². The summed E-state index contributed by atoms with van der Waals surface area (Å²) in [6.07, 6.45) is 7.41. The first kappa shape index (κ1) is 11.9. The first-order valence-electron chi connectivity index (χ1n) is 7.60. The van der Waals surface area contributed by atoms with Crippen LogP contribution in [0, 0.1) is 0 Å². The number of aromatic nitrogens is 2. The van der Waals surface area contributed by atoms with Gasteiger partial charge in [-0.05, 0) is 52.1 Å². The van der Waals surface area contributed by atoms with Gasteiger partial charge >= 0.3 is 0 Å². The number of rotatable bonds is 2. The number of nitrogens with one attached hydrogen (secondary N) is 1. The number of fused-ring (bicyclic) bond motifs is 2. The molecule has 3 aliphatic heterocycles. The molecule has 1 aromatic rings. The zero-order chi connectivity index (χ0) is 12.8. The van der Waals surface area contributed by atoms with Crippen LogP contribution >= 0.6 is 0 Å². The third kappa shape index (κ3) is 1.99. The van der Waals surface area contributed by atoms with Crippen LogP contribution < -0.4 is 5.32 Å². The van der Waals surface area contributed by atoms with Crippen LogP contribution in [0.2, 0.25) is 0 Å². The van der Waals surface area contributed by atoms with Gasteiger partial charge < -0.3 is 14.7 Å². The van der Waals surface area contributed by atoms with Crippen molar-refractivity contribution in [2.75, 3.05) is 13.6 Å². The molecule has 19 heavy (non-hydrogen) atoms. The lowest BCUT2D eigenvalue weighted by atomic mass is 9.90. The minimum atomic E-state index is 0.296. The molecule has 3 aliphatic rings. The van der Waals surface area contributed by atoms with Crippen LogP contribution in [0.4, 0.5) is 0 Å². The molecule has 5 nitrogen and oxygen atoms in total. The summed E-state index contributed by atoms with van der Waals surface area (Å²) in [5, 5.41) is 7.68. The first-order chi connectivity index (χ1) is 9.31. The molecule has 1 aromatic heterocycles. The third-order valence-corrected chi connectivity index (χ3v) is 5.28. The highest BCUT2D eigenvalue weighted by molar-refractivity contribution is 5.06. The lowest BCUT2D eigenvalue weighted by molar-refractivity contribution is 0.157. The summed E-state index contributed by atoms with van der Waals surface area (Å²) in [5.41, 5.74) is 0. The molecular weight excluding hydrogens is 240 g/mol. The molecule has 3 fully saturated rings. The van der Waals surface area contributed by atoms with Gasteiger partial charge in [0, 0.05) is 18.0 Å². The van der Waals surface area contributed by atoms with Gasteiger partial charge in [0.15, 0.2) is 5.82 Å². The van der Waals surface area contributed by atoms with Gasteiger partial charge in [-0.1, -0.05) is 5.16 Å². The zero-order valence-corrected chi connectivity index (χ0v) is 11.5.